The first-order chi connectivity index (χ1) is 19.1. The molecule has 3 aliphatic rings. The van der Waals surface area contributed by atoms with E-state index in [0.717, 1.165) is 12.1 Å². The molecular formula is C27H29F3N4O6. The van der Waals surface area contributed by atoms with E-state index >= 15 is 0 Å². The molecule has 6 atom stereocenters. The van der Waals surface area contributed by atoms with E-state index in [0.29, 0.717) is 13.0 Å². The minimum Gasteiger partial charge on any atom is -0.554 e. The van der Waals surface area contributed by atoms with Crippen molar-refractivity contribution in [3.63, 3.8) is 0 Å². The number of ether oxygens (including phenoxy) is 4. The van der Waals surface area contributed by atoms with Crippen LogP contribution in [0.2, 0.25) is 0 Å². The third-order valence-electron chi connectivity index (χ3n) is 7.24. The Bertz CT molecular complexity index is 1340. The lowest BCUT2D eigenvalue weighted by Crippen LogP contribution is -2.69. The molecule has 3 saturated heterocycles. The van der Waals surface area contributed by atoms with Crippen LogP contribution < -0.4 is 9.67 Å². The predicted molar refractivity (Wildman–Crippen MR) is 128 cm³/mol. The fourth-order valence-electron chi connectivity index (χ4n) is 5.70. The number of aromatic nitrogens is 4. The number of carbonyl (C=O) groups is 1. The van der Waals surface area contributed by atoms with Crippen molar-refractivity contribution in [1.29, 1.82) is 0 Å². The molecule has 0 amide bonds. The molecule has 1 unspecified atom stereocenters. The molecular weight excluding hydrogens is 533 g/mol. The molecule has 1 aromatic carbocycles. The van der Waals surface area contributed by atoms with Gasteiger partial charge in [-0.3, -0.25) is 0 Å². The molecule has 3 aliphatic heterocycles. The van der Waals surface area contributed by atoms with Gasteiger partial charge in [0.05, 0.1) is 19.4 Å². The molecule has 0 bridgehead atoms. The maximum atomic E-state index is 14.0. The summed E-state index contributed by atoms with van der Waals surface area (Å²) in [5.41, 5.74) is 0.266. The molecule has 0 N–H and O–H groups in total. The number of pyridine rings is 1. The molecule has 3 fully saturated rings. The number of benzene rings is 1. The van der Waals surface area contributed by atoms with Crippen LogP contribution in [-0.4, -0.2) is 58.5 Å². The zero-order chi connectivity index (χ0) is 28.7. The van der Waals surface area contributed by atoms with Gasteiger partial charge in [0.15, 0.2) is 35.6 Å². The maximum Gasteiger partial charge on any atom is 0.236 e. The molecule has 13 heteroatoms. The van der Waals surface area contributed by atoms with Gasteiger partial charge in [0, 0.05) is 30.6 Å². The van der Waals surface area contributed by atoms with E-state index < -0.39 is 59.8 Å². The molecule has 214 valence electrons. The van der Waals surface area contributed by atoms with E-state index in [1.807, 2.05) is 49.0 Å². The van der Waals surface area contributed by atoms with Crippen molar-refractivity contribution in [1.82, 2.24) is 15.0 Å². The number of fused-ring (bicyclic) bond motifs is 1. The maximum absolute atomic E-state index is 14.0. The number of carboxylic acid groups (broad SMARTS) is 1. The average molecular weight is 563 g/mol. The number of hydrogen-bond acceptors (Lipinski definition) is 8. The quantitative estimate of drug-likeness (QED) is 0.271. The lowest BCUT2D eigenvalue weighted by molar-refractivity contribution is -0.760. The molecule has 5 heterocycles. The standard InChI is InChI=1S/C26H28F3N4O4.CH2O2/c1-15-11-26(35-13-15)24(32-7-5-4-6-8-32)22(23-20(36-26)14-34-25(2,3)37-23)33-12-19(30-31-33)16-9-17(27)21(29)18(28)10-16;2-1-3/h4-10,12,15,20,22-24H,11,13-14H2,1-3H3;1H,(H,2,3)/q+1;/p-1/t15?,20-,22-,23+,24-,26+;/m1./s1. The molecule has 3 aromatic rings. The van der Waals surface area contributed by atoms with Crippen LogP contribution >= 0.6 is 0 Å². The summed E-state index contributed by atoms with van der Waals surface area (Å²) in [7, 11) is 0. The Balaban J connectivity index is 0.00000103. The van der Waals surface area contributed by atoms with Gasteiger partial charge >= 0.3 is 0 Å². The summed E-state index contributed by atoms with van der Waals surface area (Å²) in [6.07, 6.45) is 5.12. The predicted octanol–water partition coefficient (Wildman–Crippen LogP) is 2.10. The highest BCUT2D eigenvalue weighted by Crippen LogP contribution is 2.51. The second-order valence-electron chi connectivity index (χ2n) is 10.6. The topological polar surface area (TPSA) is 112 Å². The van der Waals surface area contributed by atoms with Crippen LogP contribution in [0.15, 0.2) is 48.9 Å². The van der Waals surface area contributed by atoms with E-state index in [-0.39, 0.29) is 23.8 Å². The van der Waals surface area contributed by atoms with Gasteiger partial charge < -0.3 is 28.8 Å². The molecule has 1 spiro atoms. The smallest absolute Gasteiger partial charge is 0.236 e. The Hall–Kier alpha value is -3.39. The van der Waals surface area contributed by atoms with Gasteiger partial charge in [-0.25, -0.2) is 17.9 Å². The van der Waals surface area contributed by atoms with Crippen LogP contribution in [0.5, 0.6) is 0 Å². The van der Waals surface area contributed by atoms with E-state index in [2.05, 4.69) is 17.2 Å². The molecule has 2 aromatic heterocycles. The Morgan fingerprint density at radius 2 is 1.75 bits per heavy atom. The van der Waals surface area contributed by atoms with Gasteiger partial charge in [0.25, 0.3) is 0 Å². The van der Waals surface area contributed by atoms with Crippen molar-refractivity contribution in [3.05, 3.63) is 66.4 Å². The van der Waals surface area contributed by atoms with Crippen molar-refractivity contribution >= 4 is 6.47 Å². The van der Waals surface area contributed by atoms with Gasteiger partial charge in [-0.1, -0.05) is 18.2 Å². The first-order valence-corrected chi connectivity index (χ1v) is 12.8. The minimum atomic E-state index is -1.53. The Labute approximate surface area is 228 Å². The fourth-order valence-corrected chi connectivity index (χ4v) is 5.70. The number of carbonyl (C=O) groups excluding carboxylic acids is 1. The molecule has 6 rings (SSSR count). The Kier molecular flexibility index (Phi) is 7.66. The van der Waals surface area contributed by atoms with E-state index in [1.165, 1.54) is 0 Å². The largest absolute Gasteiger partial charge is 0.554 e. The first kappa shape index (κ1) is 28.1. The first-order valence-electron chi connectivity index (χ1n) is 12.8. The SMILES string of the molecule is CC1CO[C@@]2(C1)O[C@@H]1COC(C)(C)O[C@@H]1[C@@H](n1cc(-c3cc(F)c(F)c(F)c3)nn1)[C@H]2[n+]1ccccc1.O=C[O-]. The minimum absolute atomic E-state index is 0.0730. The second kappa shape index (κ2) is 10.9. The Morgan fingerprint density at radius 1 is 1.07 bits per heavy atom. The summed E-state index contributed by atoms with van der Waals surface area (Å²) in [4.78, 5) is 8.25. The van der Waals surface area contributed by atoms with Gasteiger partial charge in [0.2, 0.25) is 11.8 Å². The summed E-state index contributed by atoms with van der Waals surface area (Å²) in [5.74, 6) is -5.74. The van der Waals surface area contributed by atoms with Gasteiger partial charge in [-0.15, -0.1) is 5.10 Å². The number of halogens is 3. The van der Waals surface area contributed by atoms with Crippen molar-refractivity contribution in [2.24, 2.45) is 5.92 Å². The highest BCUT2D eigenvalue weighted by Gasteiger charge is 2.66. The summed E-state index contributed by atoms with van der Waals surface area (Å²) in [6.45, 7) is 6.09. The van der Waals surface area contributed by atoms with E-state index in [1.54, 1.807) is 10.9 Å². The normalized spacial score (nSPS) is 30.8. The molecule has 0 aliphatic carbocycles. The van der Waals surface area contributed by atoms with Crippen LogP contribution in [0.4, 0.5) is 13.2 Å². The highest BCUT2D eigenvalue weighted by atomic mass is 19.2. The van der Waals surface area contributed by atoms with E-state index in [9.17, 15) is 13.2 Å². The lowest BCUT2D eigenvalue weighted by Gasteiger charge is -2.52. The van der Waals surface area contributed by atoms with E-state index in [4.69, 9.17) is 28.8 Å². The van der Waals surface area contributed by atoms with Crippen molar-refractivity contribution < 1.29 is 46.6 Å². The van der Waals surface area contributed by atoms with Crippen LogP contribution in [0.3, 0.4) is 0 Å². The summed E-state index contributed by atoms with van der Waals surface area (Å²) < 4.78 is 70.6. The number of rotatable bonds is 3. The number of nitrogens with zero attached hydrogens (tertiary/aromatic N) is 4. The Morgan fingerprint density at radius 3 is 2.38 bits per heavy atom. The van der Waals surface area contributed by atoms with Crippen molar-refractivity contribution in [2.75, 3.05) is 13.2 Å². The number of hydrogen-bond donors (Lipinski definition) is 0. The average Bonchev–Trinajstić information content (AvgIpc) is 3.54. The summed E-state index contributed by atoms with van der Waals surface area (Å²) >= 11 is 0. The third-order valence-corrected chi connectivity index (χ3v) is 7.24. The van der Waals surface area contributed by atoms with Gasteiger partial charge in [0.1, 0.15) is 23.9 Å². The van der Waals surface area contributed by atoms with Crippen LogP contribution in [0.25, 0.3) is 11.3 Å². The fraction of sp³-hybridized carbons (Fsp3) is 0.481. The molecule has 40 heavy (non-hydrogen) atoms. The zero-order valence-corrected chi connectivity index (χ0v) is 22.1. The summed E-state index contributed by atoms with van der Waals surface area (Å²) in [5, 5.41) is 16.8. The second-order valence-corrected chi connectivity index (χ2v) is 10.6. The van der Waals surface area contributed by atoms with Crippen molar-refractivity contribution in [3.8, 4) is 11.3 Å². The van der Waals surface area contributed by atoms with Crippen LogP contribution in [0.1, 0.15) is 39.3 Å². The zero-order valence-electron chi connectivity index (χ0n) is 22.1. The monoisotopic (exact) mass is 562 g/mol. The molecule has 0 radical (unpaired) electrons. The van der Waals surface area contributed by atoms with Gasteiger partial charge in [-0.05, 0) is 31.9 Å². The van der Waals surface area contributed by atoms with Crippen LogP contribution in [0, 0.1) is 23.4 Å². The summed E-state index contributed by atoms with van der Waals surface area (Å²) in [6, 6.07) is 6.64. The lowest BCUT2D eigenvalue weighted by atomic mass is 9.84. The third kappa shape index (κ3) is 5.21. The highest BCUT2D eigenvalue weighted by molar-refractivity contribution is 5.57. The van der Waals surface area contributed by atoms with Crippen molar-refractivity contribution in [2.45, 2.75) is 63.1 Å². The molecule has 0 saturated carbocycles. The van der Waals surface area contributed by atoms with Gasteiger partial charge in [-0.2, -0.15) is 4.57 Å². The van der Waals surface area contributed by atoms with Crippen LogP contribution in [-0.2, 0) is 23.7 Å². The molecule has 10 nitrogen and oxygen atoms in total.